The van der Waals surface area contributed by atoms with Gasteiger partial charge < -0.3 is 10.2 Å². The molecule has 2 heteroatoms. The maximum absolute atomic E-state index is 10.1. The zero-order chi connectivity index (χ0) is 9.47. The summed E-state index contributed by atoms with van der Waals surface area (Å²) in [5, 5.41) is 19.4. The van der Waals surface area contributed by atoms with Gasteiger partial charge in [0.15, 0.2) is 0 Å². The van der Waals surface area contributed by atoms with Crippen LogP contribution < -0.4 is 0 Å². The molecule has 0 bridgehead atoms. The summed E-state index contributed by atoms with van der Waals surface area (Å²) in [5.74, 6) is 0.590. The van der Waals surface area contributed by atoms with Crippen LogP contribution in [0.2, 0.25) is 0 Å². The summed E-state index contributed by atoms with van der Waals surface area (Å²) in [5.41, 5.74) is 0.0497. The van der Waals surface area contributed by atoms with E-state index in [-0.39, 0.29) is 5.75 Å². The number of phenols is 1. The van der Waals surface area contributed by atoms with Crippen molar-refractivity contribution in [2.45, 2.75) is 25.4 Å². The fourth-order valence-corrected chi connectivity index (χ4v) is 1.70. The molecule has 13 heavy (non-hydrogen) atoms. The van der Waals surface area contributed by atoms with Gasteiger partial charge in [0.05, 0.1) is 5.60 Å². The van der Waals surface area contributed by atoms with Crippen molar-refractivity contribution in [3.63, 3.8) is 0 Å². The van der Waals surface area contributed by atoms with Crippen LogP contribution in [0.15, 0.2) is 24.3 Å². The highest BCUT2D eigenvalue weighted by atomic mass is 16.3. The Morgan fingerprint density at radius 2 is 2.08 bits per heavy atom. The summed E-state index contributed by atoms with van der Waals surface area (Å²) in [6.45, 7) is 1.82. The van der Waals surface area contributed by atoms with E-state index in [1.807, 2.05) is 13.0 Å². The standard InChI is InChI=1S/C11H14O2/c1-11(13,8-5-6-8)9-3-2-4-10(12)7-9/h2-4,7-8,12-13H,5-6H2,1H3. The summed E-state index contributed by atoms with van der Waals surface area (Å²) in [7, 11) is 0. The lowest BCUT2D eigenvalue weighted by atomic mass is 9.91. The predicted molar refractivity (Wildman–Crippen MR) is 50.4 cm³/mol. The third-order valence-electron chi connectivity index (χ3n) is 2.80. The number of aromatic hydroxyl groups is 1. The largest absolute Gasteiger partial charge is 0.508 e. The van der Waals surface area contributed by atoms with E-state index >= 15 is 0 Å². The maximum Gasteiger partial charge on any atom is 0.115 e. The minimum absolute atomic E-state index is 0.221. The average Bonchev–Trinajstić information content (AvgIpc) is 2.86. The van der Waals surface area contributed by atoms with E-state index in [0.717, 1.165) is 18.4 Å². The fourth-order valence-electron chi connectivity index (χ4n) is 1.70. The smallest absolute Gasteiger partial charge is 0.115 e. The number of hydrogen-bond donors (Lipinski definition) is 2. The van der Waals surface area contributed by atoms with Gasteiger partial charge in [-0.2, -0.15) is 0 Å². The van der Waals surface area contributed by atoms with Crippen molar-refractivity contribution in [2.24, 2.45) is 5.92 Å². The molecular formula is C11H14O2. The molecule has 1 fully saturated rings. The third-order valence-corrected chi connectivity index (χ3v) is 2.80. The molecule has 1 aromatic carbocycles. The van der Waals surface area contributed by atoms with Gasteiger partial charge in [0.25, 0.3) is 0 Å². The zero-order valence-electron chi connectivity index (χ0n) is 7.70. The van der Waals surface area contributed by atoms with Gasteiger partial charge in [-0.3, -0.25) is 0 Å². The molecule has 2 rings (SSSR count). The van der Waals surface area contributed by atoms with Gasteiger partial charge in [-0.1, -0.05) is 12.1 Å². The van der Waals surface area contributed by atoms with E-state index in [1.165, 1.54) is 0 Å². The number of phenolic OH excluding ortho intramolecular Hbond substituents is 1. The van der Waals surface area contributed by atoms with Crippen molar-refractivity contribution in [3.05, 3.63) is 29.8 Å². The lowest BCUT2D eigenvalue weighted by Crippen LogP contribution is -2.23. The van der Waals surface area contributed by atoms with Crippen LogP contribution in [0.5, 0.6) is 5.75 Å². The lowest BCUT2D eigenvalue weighted by molar-refractivity contribution is 0.0329. The molecule has 1 atom stereocenters. The molecule has 1 aliphatic rings. The molecule has 0 aliphatic heterocycles. The predicted octanol–water partition coefficient (Wildman–Crippen LogP) is 2.01. The van der Waals surface area contributed by atoms with Crippen molar-refractivity contribution in [2.75, 3.05) is 0 Å². The first-order chi connectivity index (χ1) is 6.10. The normalized spacial score (nSPS) is 21.1. The Kier molecular flexibility index (Phi) is 1.81. The summed E-state index contributed by atoms with van der Waals surface area (Å²) < 4.78 is 0. The van der Waals surface area contributed by atoms with Gasteiger partial charge in [0.2, 0.25) is 0 Å². The van der Waals surface area contributed by atoms with E-state index in [1.54, 1.807) is 18.2 Å². The van der Waals surface area contributed by atoms with Crippen LogP contribution in [0.4, 0.5) is 0 Å². The number of benzene rings is 1. The molecule has 1 saturated carbocycles. The zero-order valence-corrected chi connectivity index (χ0v) is 7.70. The molecule has 1 aromatic rings. The SMILES string of the molecule is CC(O)(c1cccc(O)c1)C1CC1. The van der Waals surface area contributed by atoms with Crippen LogP contribution in [-0.2, 0) is 5.60 Å². The van der Waals surface area contributed by atoms with Crippen LogP contribution >= 0.6 is 0 Å². The summed E-state index contributed by atoms with van der Waals surface area (Å²) in [6, 6.07) is 6.88. The third kappa shape index (κ3) is 1.54. The first kappa shape index (κ1) is 8.57. The molecule has 1 unspecified atom stereocenters. The second-order valence-electron chi connectivity index (χ2n) is 3.97. The molecule has 0 amide bonds. The van der Waals surface area contributed by atoms with E-state index in [0.29, 0.717) is 5.92 Å². The minimum atomic E-state index is -0.765. The molecule has 2 nitrogen and oxygen atoms in total. The van der Waals surface area contributed by atoms with Crippen molar-refractivity contribution >= 4 is 0 Å². The van der Waals surface area contributed by atoms with Crippen LogP contribution in [0, 0.1) is 5.92 Å². The number of aliphatic hydroxyl groups is 1. The minimum Gasteiger partial charge on any atom is -0.508 e. The van der Waals surface area contributed by atoms with Crippen molar-refractivity contribution in [3.8, 4) is 5.75 Å². The van der Waals surface area contributed by atoms with Gasteiger partial charge in [-0.25, -0.2) is 0 Å². The summed E-state index contributed by atoms with van der Waals surface area (Å²) in [4.78, 5) is 0. The molecule has 0 heterocycles. The number of rotatable bonds is 2. The van der Waals surface area contributed by atoms with E-state index < -0.39 is 5.60 Å². The topological polar surface area (TPSA) is 40.5 Å². The van der Waals surface area contributed by atoms with Gasteiger partial charge in [0.1, 0.15) is 5.75 Å². The summed E-state index contributed by atoms with van der Waals surface area (Å²) >= 11 is 0. The highest BCUT2D eigenvalue weighted by Crippen LogP contribution is 2.45. The lowest BCUT2D eigenvalue weighted by Gasteiger charge is -2.23. The highest BCUT2D eigenvalue weighted by Gasteiger charge is 2.41. The maximum atomic E-state index is 10.1. The van der Waals surface area contributed by atoms with Crippen LogP contribution in [0.3, 0.4) is 0 Å². The second kappa shape index (κ2) is 2.74. The molecule has 0 aromatic heterocycles. The van der Waals surface area contributed by atoms with Gasteiger partial charge in [-0.05, 0) is 43.4 Å². The molecule has 70 valence electrons. The average molecular weight is 178 g/mol. The van der Waals surface area contributed by atoms with Crippen LogP contribution in [0.25, 0.3) is 0 Å². The molecule has 0 saturated heterocycles. The molecule has 1 aliphatic carbocycles. The van der Waals surface area contributed by atoms with Crippen LogP contribution in [-0.4, -0.2) is 10.2 Å². The first-order valence-corrected chi connectivity index (χ1v) is 4.62. The first-order valence-electron chi connectivity index (χ1n) is 4.62. The fraction of sp³-hybridized carbons (Fsp3) is 0.455. The Morgan fingerprint density at radius 3 is 2.62 bits per heavy atom. The van der Waals surface area contributed by atoms with Crippen LogP contribution in [0.1, 0.15) is 25.3 Å². The van der Waals surface area contributed by atoms with Crippen molar-refractivity contribution < 1.29 is 10.2 Å². The Morgan fingerprint density at radius 1 is 1.38 bits per heavy atom. The molecular weight excluding hydrogens is 164 g/mol. The quantitative estimate of drug-likeness (QED) is 0.727. The summed E-state index contributed by atoms with van der Waals surface area (Å²) in [6.07, 6.45) is 2.17. The van der Waals surface area contributed by atoms with Gasteiger partial charge in [-0.15, -0.1) is 0 Å². The monoisotopic (exact) mass is 178 g/mol. The Hall–Kier alpha value is -1.02. The highest BCUT2D eigenvalue weighted by molar-refractivity contribution is 5.32. The van der Waals surface area contributed by atoms with E-state index in [4.69, 9.17) is 0 Å². The Bertz CT molecular complexity index is 314. The Labute approximate surface area is 77.8 Å². The van der Waals surface area contributed by atoms with Gasteiger partial charge >= 0.3 is 0 Å². The second-order valence-corrected chi connectivity index (χ2v) is 3.97. The van der Waals surface area contributed by atoms with E-state index in [2.05, 4.69) is 0 Å². The van der Waals surface area contributed by atoms with Crippen molar-refractivity contribution in [1.29, 1.82) is 0 Å². The van der Waals surface area contributed by atoms with Crippen molar-refractivity contribution in [1.82, 2.24) is 0 Å². The Balaban J connectivity index is 2.33. The molecule has 0 spiro atoms. The van der Waals surface area contributed by atoms with E-state index in [9.17, 15) is 10.2 Å². The number of hydrogen-bond acceptors (Lipinski definition) is 2. The molecule has 2 N–H and O–H groups in total. The molecule has 0 radical (unpaired) electrons. The van der Waals surface area contributed by atoms with Gasteiger partial charge in [0, 0.05) is 0 Å².